The van der Waals surface area contributed by atoms with Gasteiger partial charge in [0, 0.05) is 22.9 Å². The van der Waals surface area contributed by atoms with E-state index in [0.29, 0.717) is 23.0 Å². The largest absolute Gasteiger partial charge is 0.417 e. The number of halogens is 5. The van der Waals surface area contributed by atoms with E-state index in [9.17, 15) is 22.8 Å². The molecular formula is C28H25Cl2F3N8O2S. The van der Waals surface area contributed by atoms with Crippen LogP contribution < -0.4 is 10.7 Å². The molecular weight excluding hydrogens is 640 g/mol. The third-order valence-corrected chi connectivity index (χ3v) is 7.56. The number of alkyl halides is 3. The summed E-state index contributed by atoms with van der Waals surface area (Å²) in [4.78, 5) is 28.1. The zero-order valence-electron chi connectivity index (χ0n) is 23.3. The molecule has 2 N–H and O–H groups in total. The average molecular weight is 666 g/mol. The Bertz CT molecular complexity index is 1680. The molecule has 0 aliphatic rings. The van der Waals surface area contributed by atoms with E-state index in [1.54, 1.807) is 22.9 Å². The number of rotatable bonds is 11. The molecule has 1 aromatic heterocycles. The first-order valence-corrected chi connectivity index (χ1v) is 14.6. The first kappa shape index (κ1) is 32.9. The van der Waals surface area contributed by atoms with Crippen LogP contribution in [-0.4, -0.2) is 63.8 Å². The van der Waals surface area contributed by atoms with E-state index in [1.165, 1.54) is 36.0 Å². The molecule has 4 aromatic rings. The molecule has 0 atom stereocenters. The van der Waals surface area contributed by atoms with Crippen LogP contribution in [0.2, 0.25) is 10.0 Å². The first-order chi connectivity index (χ1) is 20.9. The highest BCUT2D eigenvalue weighted by molar-refractivity contribution is 7.98. The van der Waals surface area contributed by atoms with Crippen LogP contribution in [0.4, 0.5) is 18.9 Å². The van der Waals surface area contributed by atoms with Gasteiger partial charge in [-0.3, -0.25) is 9.59 Å². The van der Waals surface area contributed by atoms with Crippen LogP contribution in [0, 0.1) is 0 Å². The second-order valence-electron chi connectivity index (χ2n) is 9.56. The lowest BCUT2D eigenvalue weighted by Crippen LogP contribution is -2.21. The highest BCUT2D eigenvalue weighted by Crippen LogP contribution is 2.35. The van der Waals surface area contributed by atoms with Gasteiger partial charge in [-0.1, -0.05) is 53.2 Å². The lowest BCUT2D eigenvalue weighted by Gasteiger charge is -2.12. The smallest absolute Gasteiger partial charge is 0.321 e. The van der Waals surface area contributed by atoms with E-state index < -0.39 is 28.6 Å². The molecule has 16 heteroatoms. The van der Waals surface area contributed by atoms with Gasteiger partial charge in [-0.2, -0.15) is 18.3 Å². The van der Waals surface area contributed by atoms with Gasteiger partial charge in [0.05, 0.1) is 34.6 Å². The fraction of sp³-hybridized carbons (Fsp3) is 0.214. The summed E-state index contributed by atoms with van der Waals surface area (Å²) in [5, 5.41) is 18.7. The van der Waals surface area contributed by atoms with Crippen LogP contribution in [0.5, 0.6) is 0 Å². The van der Waals surface area contributed by atoms with Crippen LogP contribution in [0.1, 0.15) is 37.4 Å². The summed E-state index contributed by atoms with van der Waals surface area (Å²) in [5.74, 6) is -0.719. The number of nitrogens with one attached hydrogen (secondary N) is 2. The number of hydrazone groups is 1. The minimum Gasteiger partial charge on any atom is -0.321 e. The van der Waals surface area contributed by atoms with Crippen LogP contribution >= 0.6 is 35.0 Å². The Labute approximate surface area is 264 Å². The maximum atomic E-state index is 13.1. The van der Waals surface area contributed by atoms with Crippen LogP contribution in [0.3, 0.4) is 0 Å². The van der Waals surface area contributed by atoms with Crippen molar-refractivity contribution >= 4 is 58.7 Å². The zero-order valence-corrected chi connectivity index (χ0v) is 25.6. The molecule has 0 aliphatic carbocycles. The molecule has 1 heterocycles. The molecule has 4 rings (SSSR count). The fourth-order valence-electron chi connectivity index (χ4n) is 3.76. The highest BCUT2D eigenvalue weighted by atomic mass is 35.5. The number of tetrazole rings is 1. The molecule has 0 saturated carbocycles. The van der Waals surface area contributed by atoms with Gasteiger partial charge in [0.1, 0.15) is 0 Å². The molecule has 0 aliphatic heterocycles. The van der Waals surface area contributed by atoms with Crippen molar-refractivity contribution < 1.29 is 22.8 Å². The third kappa shape index (κ3) is 9.02. The second-order valence-corrected chi connectivity index (χ2v) is 11.3. The van der Waals surface area contributed by atoms with Gasteiger partial charge in [-0.25, -0.2) is 10.1 Å². The van der Waals surface area contributed by atoms with E-state index >= 15 is 0 Å². The number of aromatic nitrogens is 4. The number of hydrogen-bond acceptors (Lipinski definition) is 8. The van der Waals surface area contributed by atoms with Gasteiger partial charge in [-0.15, -0.1) is 5.10 Å². The number of hydrogen-bond donors (Lipinski definition) is 2. The van der Waals surface area contributed by atoms with Crippen LogP contribution in [0.25, 0.3) is 0 Å². The molecule has 2 amide bonds. The topological polar surface area (TPSA) is 117 Å². The number of carbonyl (C=O) groups excluding carboxylic acids is 2. The summed E-state index contributed by atoms with van der Waals surface area (Å²) in [6, 6.07) is 14.5. The van der Waals surface area contributed by atoms with Crippen molar-refractivity contribution in [3.05, 3.63) is 98.5 Å². The summed E-state index contributed by atoms with van der Waals surface area (Å²) in [6.07, 6.45) is -3.61. The Balaban J connectivity index is 1.42. The lowest BCUT2D eigenvalue weighted by atomic mass is 10.1. The number of likely N-dealkylation sites (N-methyl/N-ethyl adjacent to an activating group) is 1. The van der Waals surface area contributed by atoms with E-state index in [-0.39, 0.29) is 21.8 Å². The summed E-state index contributed by atoms with van der Waals surface area (Å²) >= 11 is 13.2. The average Bonchev–Trinajstić information content (AvgIpc) is 3.43. The molecule has 0 saturated heterocycles. The minimum atomic E-state index is -4.65. The standard InChI is InChI=1S/C28H25Cl2F3N8O2S/c1-40(2)10-11-41-27(37-38-39-41)44-16-18-4-3-5-19(12-18)25(42)35-24-9-7-20(29)14-21(24)26(43)36-34-15-17-6-8-23(30)22(13-17)28(31,32)33/h3-9,12-15H,10-11,16H2,1-2H3,(H,35,42)(H,36,43)/b34-15+. The molecule has 0 fully saturated rings. The van der Waals surface area contributed by atoms with Crippen molar-refractivity contribution in [3.8, 4) is 0 Å². The van der Waals surface area contributed by atoms with Gasteiger partial charge in [-0.05, 0) is 78.1 Å². The van der Waals surface area contributed by atoms with Crippen molar-refractivity contribution in [2.75, 3.05) is 26.0 Å². The molecule has 0 spiro atoms. The van der Waals surface area contributed by atoms with E-state index in [1.807, 2.05) is 25.1 Å². The van der Waals surface area contributed by atoms with E-state index in [4.69, 9.17) is 23.2 Å². The number of amides is 2. The Morgan fingerprint density at radius 1 is 1.07 bits per heavy atom. The van der Waals surface area contributed by atoms with Gasteiger partial charge >= 0.3 is 6.18 Å². The highest BCUT2D eigenvalue weighted by Gasteiger charge is 2.33. The van der Waals surface area contributed by atoms with Gasteiger partial charge in [0.15, 0.2) is 0 Å². The maximum Gasteiger partial charge on any atom is 0.417 e. The van der Waals surface area contributed by atoms with Gasteiger partial charge < -0.3 is 10.2 Å². The molecule has 0 bridgehead atoms. The molecule has 0 radical (unpaired) electrons. The lowest BCUT2D eigenvalue weighted by molar-refractivity contribution is -0.137. The number of nitrogens with zero attached hydrogens (tertiary/aromatic N) is 6. The monoisotopic (exact) mass is 664 g/mol. The molecule has 44 heavy (non-hydrogen) atoms. The Kier molecular flexibility index (Phi) is 11.0. The number of anilines is 1. The molecule has 3 aromatic carbocycles. The first-order valence-electron chi connectivity index (χ1n) is 12.8. The summed E-state index contributed by atoms with van der Waals surface area (Å²) < 4.78 is 41.1. The Morgan fingerprint density at radius 2 is 1.86 bits per heavy atom. The van der Waals surface area contributed by atoms with Crippen molar-refractivity contribution in [2.45, 2.75) is 23.6 Å². The van der Waals surface area contributed by atoms with Gasteiger partial charge in [0.25, 0.3) is 11.8 Å². The van der Waals surface area contributed by atoms with E-state index in [2.05, 4.69) is 31.4 Å². The fourth-order valence-corrected chi connectivity index (χ4v) is 5.00. The number of carbonyl (C=O) groups is 2. The quantitative estimate of drug-likeness (QED) is 0.117. The van der Waals surface area contributed by atoms with Crippen molar-refractivity contribution in [2.24, 2.45) is 5.10 Å². The number of benzene rings is 3. The molecule has 230 valence electrons. The normalized spacial score (nSPS) is 11.7. The van der Waals surface area contributed by atoms with Crippen LogP contribution in [-0.2, 0) is 18.5 Å². The van der Waals surface area contributed by atoms with Crippen LogP contribution in [0.15, 0.2) is 70.9 Å². The van der Waals surface area contributed by atoms with E-state index in [0.717, 1.165) is 30.5 Å². The predicted molar refractivity (Wildman–Crippen MR) is 163 cm³/mol. The second kappa shape index (κ2) is 14.7. The summed E-state index contributed by atoms with van der Waals surface area (Å²) in [7, 11) is 3.92. The number of thioether (sulfide) groups is 1. The molecule has 0 unspecified atom stereocenters. The van der Waals surface area contributed by atoms with Crippen molar-refractivity contribution in [3.63, 3.8) is 0 Å². The van der Waals surface area contributed by atoms with Crippen molar-refractivity contribution in [1.29, 1.82) is 0 Å². The molecule has 10 nitrogen and oxygen atoms in total. The zero-order chi connectivity index (χ0) is 31.9. The maximum absolute atomic E-state index is 13.1. The summed E-state index contributed by atoms with van der Waals surface area (Å²) in [5.41, 5.74) is 2.61. The Morgan fingerprint density at radius 3 is 2.61 bits per heavy atom. The minimum absolute atomic E-state index is 0.00800. The Hall–Kier alpha value is -3.98. The van der Waals surface area contributed by atoms with Crippen molar-refractivity contribution in [1.82, 2.24) is 30.5 Å². The summed E-state index contributed by atoms with van der Waals surface area (Å²) in [6.45, 7) is 1.41. The predicted octanol–water partition coefficient (Wildman–Crippen LogP) is 5.87. The SMILES string of the molecule is CN(C)CCn1nnnc1SCc1cccc(C(=O)Nc2ccc(Cl)cc2C(=O)N/N=C/c2ccc(Cl)c(C(F)(F)F)c2)c1. The van der Waals surface area contributed by atoms with Gasteiger partial charge in [0.2, 0.25) is 5.16 Å². The third-order valence-electron chi connectivity index (χ3n) is 5.97.